The van der Waals surface area contributed by atoms with Crippen LogP contribution in [0.2, 0.25) is 5.02 Å². The third-order valence-corrected chi connectivity index (χ3v) is 6.40. The van der Waals surface area contributed by atoms with Crippen molar-refractivity contribution in [1.82, 2.24) is 9.88 Å². The zero-order chi connectivity index (χ0) is 19.2. The predicted octanol–water partition coefficient (Wildman–Crippen LogP) is 3.58. The van der Waals surface area contributed by atoms with E-state index in [0.29, 0.717) is 34.5 Å². The maximum atomic E-state index is 12.5. The Morgan fingerprint density at radius 3 is 2.93 bits per heavy atom. The molecule has 4 rings (SSSR count). The lowest BCUT2D eigenvalue weighted by Gasteiger charge is -2.37. The van der Waals surface area contributed by atoms with Gasteiger partial charge in [-0.25, -0.2) is 4.98 Å². The second-order valence-electron chi connectivity index (χ2n) is 6.81. The van der Waals surface area contributed by atoms with Crippen molar-refractivity contribution in [1.29, 1.82) is 0 Å². The number of hydrogen-bond acceptors (Lipinski definition) is 5. The molecule has 2 aromatic rings. The topological polar surface area (TPSA) is 65.5 Å². The summed E-state index contributed by atoms with van der Waals surface area (Å²) >= 11 is 13.5. The molecule has 1 amide bonds. The Bertz CT molecular complexity index is 933. The van der Waals surface area contributed by atoms with E-state index in [1.165, 1.54) is 11.3 Å². The van der Waals surface area contributed by atoms with Gasteiger partial charge in [-0.1, -0.05) is 11.6 Å². The van der Waals surface area contributed by atoms with Gasteiger partial charge in [-0.3, -0.25) is 9.59 Å². The van der Waals surface area contributed by atoms with Gasteiger partial charge in [0.15, 0.2) is 10.9 Å². The molecular formula is C18H17ClN4O2S2. The molecule has 1 aromatic heterocycles. The molecule has 140 valence electrons. The van der Waals surface area contributed by atoms with Gasteiger partial charge < -0.3 is 15.1 Å². The largest absolute Gasteiger partial charge is 0.335 e. The van der Waals surface area contributed by atoms with Crippen molar-refractivity contribution in [2.75, 3.05) is 23.3 Å². The molecular weight excluding hydrogens is 404 g/mol. The highest BCUT2D eigenvalue weighted by atomic mass is 35.5. The number of benzene rings is 1. The Kier molecular flexibility index (Phi) is 4.65. The Labute approximate surface area is 171 Å². The number of piperidine rings is 1. The van der Waals surface area contributed by atoms with Crippen LogP contribution in [0.3, 0.4) is 0 Å². The molecule has 2 aliphatic rings. The number of rotatable bonds is 3. The Morgan fingerprint density at radius 1 is 1.44 bits per heavy atom. The Hall–Kier alpha value is -2.03. The summed E-state index contributed by atoms with van der Waals surface area (Å²) < 4.78 is 0. The van der Waals surface area contributed by atoms with Gasteiger partial charge in [-0.2, -0.15) is 0 Å². The summed E-state index contributed by atoms with van der Waals surface area (Å²) in [6.07, 6.45) is 1.40. The first-order valence-corrected chi connectivity index (χ1v) is 10.2. The third-order valence-electron chi connectivity index (χ3n) is 5.07. The molecule has 3 heterocycles. The van der Waals surface area contributed by atoms with E-state index in [0.717, 1.165) is 18.7 Å². The molecule has 6 nitrogen and oxygen atoms in total. The maximum Gasteiger partial charge on any atom is 0.275 e. The van der Waals surface area contributed by atoms with E-state index >= 15 is 0 Å². The van der Waals surface area contributed by atoms with E-state index in [9.17, 15) is 9.59 Å². The van der Waals surface area contributed by atoms with E-state index < -0.39 is 5.54 Å². The third kappa shape index (κ3) is 3.11. The van der Waals surface area contributed by atoms with Crippen molar-refractivity contribution in [2.24, 2.45) is 0 Å². The van der Waals surface area contributed by atoms with Gasteiger partial charge in [-0.15, -0.1) is 11.3 Å². The van der Waals surface area contributed by atoms with Gasteiger partial charge in [0.05, 0.1) is 22.8 Å². The number of amides is 1. The minimum absolute atomic E-state index is 0.210. The van der Waals surface area contributed by atoms with Crippen LogP contribution in [0.4, 0.5) is 11.4 Å². The van der Waals surface area contributed by atoms with E-state index in [-0.39, 0.29) is 11.7 Å². The molecule has 0 spiro atoms. The highest BCUT2D eigenvalue weighted by Crippen LogP contribution is 2.39. The first-order valence-electron chi connectivity index (χ1n) is 8.52. The number of hydrogen-bond donors (Lipinski definition) is 1. The molecule has 0 aliphatic carbocycles. The first-order chi connectivity index (χ1) is 12.9. The molecule has 2 saturated heterocycles. The number of fused-ring (bicyclic) bond motifs is 1. The van der Waals surface area contributed by atoms with Crippen LogP contribution in [-0.4, -0.2) is 45.3 Å². The van der Waals surface area contributed by atoms with Crippen LogP contribution in [0, 0.1) is 0 Å². The second kappa shape index (κ2) is 6.85. The Morgan fingerprint density at radius 2 is 2.26 bits per heavy atom. The molecule has 2 aliphatic heterocycles. The van der Waals surface area contributed by atoms with E-state index in [4.69, 9.17) is 23.8 Å². The number of carbonyl (C=O) groups is 2. The van der Waals surface area contributed by atoms with Crippen molar-refractivity contribution in [2.45, 2.75) is 25.3 Å². The molecule has 1 aromatic carbocycles. The minimum atomic E-state index is -0.601. The lowest BCUT2D eigenvalue weighted by molar-refractivity contribution is -0.129. The number of Topliss-reactive ketones (excluding diaryl/α,β-unsaturated/α-hetero) is 1. The van der Waals surface area contributed by atoms with Crippen LogP contribution in [0.5, 0.6) is 0 Å². The van der Waals surface area contributed by atoms with Gasteiger partial charge >= 0.3 is 0 Å². The second-order valence-corrected chi connectivity index (χ2v) is 8.31. The van der Waals surface area contributed by atoms with Gasteiger partial charge in [0.1, 0.15) is 11.2 Å². The summed E-state index contributed by atoms with van der Waals surface area (Å²) in [6, 6.07) is 5.28. The number of halogens is 1. The lowest BCUT2D eigenvalue weighted by Crippen LogP contribution is -2.54. The number of aromatic nitrogens is 1. The lowest BCUT2D eigenvalue weighted by atomic mass is 9.88. The molecule has 1 N–H and O–H groups in total. The summed E-state index contributed by atoms with van der Waals surface area (Å²) in [5.41, 5.74) is 2.68. The fraction of sp³-hybridized carbons (Fsp3) is 0.333. The molecule has 9 heteroatoms. The summed E-state index contributed by atoms with van der Waals surface area (Å²) in [7, 11) is 0. The predicted molar refractivity (Wildman–Crippen MR) is 111 cm³/mol. The highest BCUT2D eigenvalue weighted by molar-refractivity contribution is 7.80. The minimum Gasteiger partial charge on any atom is -0.335 e. The number of nitrogens with zero attached hydrogens (tertiary/aromatic N) is 3. The van der Waals surface area contributed by atoms with Crippen molar-refractivity contribution in [3.63, 3.8) is 0 Å². The molecule has 27 heavy (non-hydrogen) atoms. The number of thiocarbonyl (C=S) groups is 1. The van der Waals surface area contributed by atoms with Crippen LogP contribution in [0.1, 0.15) is 30.3 Å². The van der Waals surface area contributed by atoms with Crippen molar-refractivity contribution < 1.29 is 9.59 Å². The molecule has 1 unspecified atom stereocenters. The zero-order valence-electron chi connectivity index (χ0n) is 14.6. The number of ketones is 1. The summed E-state index contributed by atoms with van der Waals surface area (Å²) in [5, 5.41) is 5.55. The zero-order valence-corrected chi connectivity index (χ0v) is 17.0. The highest BCUT2D eigenvalue weighted by Gasteiger charge is 2.51. The van der Waals surface area contributed by atoms with Crippen LogP contribution < -0.4 is 10.2 Å². The standard InChI is InChI=1S/C18H17ClN4O2S2/c1-18-9-22(17(26)23(18)6-2-3-15(18)24)14-5-4-11(7-12(14)19)21-16(25)13-8-27-10-20-13/h4-5,7-8,10H,2-3,6,9H2,1H3,(H,21,25). The normalized spacial score (nSPS) is 22.1. The molecule has 0 radical (unpaired) electrons. The van der Waals surface area contributed by atoms with Crippen LogP contribution in [0.15, 0.2) is 29.1 Å². The Balaban J connectivity index is 1.57. The monoisotopic (exact) mass is 420 g/mol. The number of carbonyl (C=O) groups excluding carboxylic acids is 2. The quantitative estimate of drug-likeness (QED) is 0.765. The number of nitrogens with one attached hydrogen (secondary N) is 1. The summed E-state index contributed by atoms with van der Waals surface area (Å²) in [5.74, 6) is -0.0751. The fourth-order valence-electron chi connectivity index (χ4n) is 3.58. The van der Waals surface area contributed by atoms with Gasteiger partial charge in [-0.05, 0) is 43.8 Å². The molecule has 1 atom stereocenters. The van der Waals surface area contributed by atoms with E-state index in [1.807, 2.05) is 22.8 Å². The molecule has 0 saturated carbocycles. The van der Waals surface area contributed by atoms with E-state index in [1.54, 1.807) is 23.0 Å². The maximum absolute atomic E-state index is 12.5. The fourth-order valence-corrected chi connectivity index (χ4v) is 4.85. The summed E-state index contributed by atoms with van der Waals surface area (Å²) in [6.45, 7) is 3.20. The number of anilines is 2. The molecule has 0 bridgehead atoms. The average Bonchev–Trinajstić information content (AvgIpc) is 3.25. The van der Waals surface area contributed by atoms with Gasteiger partial charge in [0.25, 0.3) is 5.91 Å². The van der Waals surface area contributed by atoms with E-state index in [2.05, 4.69) is 10.3 Å². The van der Waals surface area contributed by atoms with Crippen molar-refractivity contribution in [3.05, 3.63) is 39.8 Å². The van der Waals surface area contributed by atoms with Gasteiger partial charge in [0.2, 0.25) is 0 Å². The SMILES string of the molecule is CC12CN(c3ccc(NC(=O)c4cscn4)cc3Cl)C(=S)N1CCCC2=O. The molecule has 2 fully saturated rings. The van der Waals surface area contributed by atoms with Crippen LogP contribution >= 0.6 is 35.2 Å². The smallest absolute Gasteiger partial charge is 0.275 e. The first kappa shape index (κ1) is 18.3. The van der Waals surface area contributed by atoms with Crippen LogP contribution in [-0.2, 0) is 4.79 Å². The average molecular weight is 421 g/mol. The van der Waals surface area contributed by atoms with Crippen molar-refractivity contribution in [3.8, 4) is 0 Å². The van der Waals surface area contributed by atoms with Gasteiger partial charge in [0, 0.05) is 24.0 Å². The van der Waals surface area contributed by atoms with Crippen LogP contribution in [0.25, 0.3) is 0 Å². The summed E-state index contributed by atoms with van der Waals surface area (Å²) in [4.78, 5) is 32.5. The van der Waals surface area contributed by atoms with Crippen molar-refractivity contribution >= 4 is 63.3 Å². The number of thiazole rings is 1.